The number of aliphatic carboxylic acids is 4. The molecule has 42 heteroatoms. The number of para-hydroxylation sites is 1. The predicted octanol–water partition coefficient (Wildman–Crippen LogP) is -4.18. The van der Waals surface area contributed by atoms with E-state index in [0.717, 1.165) is 53.5 Å². The number of nitrogens with one attached hydrogen (secondary N) is 13. The Morgan fingerprint density at radius 1 is 0.557 bits per heavy atom. The van der Waals surface area contributed by atoms with Crippen LogP contribution in [0.2, 0.25) is 0 Å². The molecule has 0 bridgehead atoms. The van der Waals surface area contributed by atoms with Crippen LogP contribution in [0.4, 0.5) is 0 Å². The molecule has 1 aromatic heterocycles. The minimum Gasteiger partial charge on any atom is -0.481 e. The average molecular weight is 1630 g/mol. The van der Waals surface area contributed by atoms with Crippen LogP contribution in [0.3, 0.4) is 0 Å². The zero-order valence-electron chi connectivity index (χ0n) is 65.6. The van der Waals surface area contributed by atoms with Gasteiger partial charge in [0.1, 0.15) is 72.6 Å². The van der Waals surface area contributed by atoms with E-state index in [0.29, 0.717) is 40.1 Å². The van der Waals surface area contributed by atoms with Crippen LogP contribution in [0.25, 0.3) is 10.9 Å². The van der Waals surface area contributed by atoms with Crippen molar-refractivity contribution in [3.05, 3.63) is 36.0 Å². The maximum absolute atomic E-state index is 15.0. The molecule has 42 nitrogen and oxygen atoms in total. The van der Waals surface area contributed by atoms with E-state index in [1.54, 1.807) is 30.5 Å². The van der Waals surface area contributed by atoms with Crippen LogP contribution in [0.5, 0.6) is 0 Å². The van der Waals surface area contributed by atoms with Crippen molar-refractivity contribution in [1.29, 1.82) is 0 Å². The lowest BCUT2D eigenvalue weighted by Crippen LogP contribution is -2.62. The van der Waals surface area contributed by atoms with E-state index in [-0.39, 0.29) is 45.1 Å². The summed E-state index contributed by atoms with van der Waals surface area (Å²) >= 11 is 0. The van der Waals surface area contributed by atoms with E-state index >= 15 is 0 Å². The molecule has 0 aliphatic carbocycles. The van der Waals surface area contributed by atoms with Gasteiger partial charge in [0, 0.05) is 43.4 Å². The normalized spacial score (nSPS) is 21.9. The van der Waals surface area contributed by atoms with Gasteiger partial charge >= 0.3 is 29.8 Å². The maximum Gasteiger partial charge on any atom is 0.329 e. The van der Waals surface area contributed by atoms with Gasteiger partial charge in [0.25, 0.3) is 0 Å². The summed E-state index contributed by atoms with van der Waals surface area (Å²) in [7, 11) is 0.950. The minimum absolute atomic E-state index is 0.00000480. The number of fused-ring (bicyclic) bond motifs is 1. The molecule has 1 saturated heterocycles. The molecule has 1 aliphatic rings. The number of carboxylic acids is 4. The van der Waals surface area contributed by atoms with Crippen molar-refractivity contribution in [1.82, 2.24) is 73.7 Å². The Morgan fingerprint density at radius 3 is 1.75 bits per heavy atom. The van der Waals surface area contributed by atoms with Crippen LogP contribution < -0.4 is 81.0 Å². The van der Waals surface area contributed by atoms with Crippen molar-refractivity contribution in [3.63, 3.8) is 0 Å². The summed E-state index contributed by atoms with van der Waals surface area (Å²) in [6, 6.07) is -14.3. The van der Waals surface area contributed by atoms with Crippen molar-refractivity contribution in [3.8, 4) is 0 Å². The minimum atomic E-state index is -2.27. The van der Waals surface area contributed by atoms with Crippen LogP contribution in [0.1, 0.15) is 170 Å². The number of ether oxygens (including phenoxy) is 1. The van der Waals surface area contributed by atoms with Gasteiger partial charge < -0.3 is 116 Å². The molecule has 15 amide bonds. The van der Waals surface area contributed by atoms with Gasteiger partial charge in [0.2, 0.25) is 88.6 Å². The van der Waals surface area contributed by atoms with E-state index in [1.165, 1.54) is 13.8 Å². The molecule has 1 fully saturated rings. The van der Waals surface area contributed by atoms with E-state index in [4.69, 9.17) is 21.9 Å². The first-order chi connectivity index (χ1) is 54.1. The van der Waals surface area contributed by atoms with Crippen LogP contribution in [0, 0.1) is 17.8 Å². The monoisotopic (exact) mass is 1630 g/mol. The van der Waals surface area contributed by atoms with Crippen molar-refractivity contribution < 1.29 is 121 Å². The molecular weight excluding hydrogens is 1510 g/mol. The highest BCUT2D eigenvalue weighted by atomic mass is 16.5. The molecule has 1 aromatic carbocycles. The molecule has 15 atom stereocenters. The van der Waals surface area contributed by atoms with Crippen LogP contribution in [-0.2, 0) is 107 Å². The third-order valence-corrected chi connectivity index (χ3v) is 19.0. The maximum atomic E-state index is 15.0. The second kappa shape index (κ2) is 48.9. The number of carbonyl (C=O) groups excluding carboxylic acids is 16. The van der Waals surface area contributed by atoms with E-state index in [2.05, 4.69) is 77.3 Å². The number of aromatic nitrogens is 1. The van der Waals surface area contributed by atoms with Gasteiger partial charge in [-0.3, -0.25) is 91.1 Å². The number of amides is 15. The zero-order valence-corrected chi connectivity index (χ0v) is 65.6. The standard InChI is InChI=1S/C73H111N17O25/c1-9-36(3)19-13-11-12-14-23-53(93)80-46(28-41-33-77-43-21-16-15-20-42(41)43)67(108)83-45(24-25-56(96)97)66(107)85-48(30-52(76)92)70(111)89-62-40(7)115-73(114)61(37(4)10-2)88-71(112)60(38(5)27-57(98)99)87-69(110)47(29-51(75)91)81-54(94)34-78-64(105)49(31-58(100)101)86-65(106)44(22-17-18-26-74)82-68(109)50(32-59(102)103)84-63(104)39(6)79-55(95)35-90(8)72(62)113/h15-16,20-21,33,36-40,44-50,60-62,77H,9-14,17-19,22-32,34-35,74H2,1-8H3,(H2,75,91)(H2,76,92)(H,78,105)(H,79,95)(H,80,93)(H,81,94)(H,82,109)(H,83,108)(H,84,104)(H,85,107)(H,86,106)(H,87,110)(H,88,112)(H,89,111)(H,96,97)(H,98,99)(H,100,101)(H,102,103). The Bertz CT molecular complexity index is 3820. The molecule has 3 rings (SSSR count). The summed E-state index contributed by atoms with van der Waals surface area (Å²) < 4.78 is 5.81. The topological polar surface area (TPSA) is 673 Å². The first-order valence-corrected chi connectivity index (χ1v) is 37.8. The summed E-state index contributed by atoms with van der Waals surface area (Å²) in [5, 5.41) is 67.3. The summed E-state index contributed by atoms with van der Waals surface area (Å²) in [6.45, 7) is 8.17. The first-order valence-electron chi connectivity index (χ1n) is 37.8. The predicted molar refractivity (Wildman–Crippen MR) is 405 cm³/mol. The number of nitrogens with zero attached hydrogens (tertiary/aromatic N) is 1. The highest BCUT2D eigenvalue weighted by molar-refractivity contribution is 6.02. The van der Waals surface area contributed by atoms with Gasteiger partial charge in [-0.2, -0.15) is 0 Å². The van der Waals surface area contributed by atoms with E-state index in [1.807, 2.05) is 5.32 Å². The number of hydrogen-bond acceptors (Lipinski definition) is 22. The van der Waals surface area contributed by atoms with Gasteiger partial charge in [0.05, 0.1) is 45.2 Å². The summed E-state index contributed by atoms with van der Waals surface area (Å²) in [4.78, 5) is 277. The highest BCUT2D eigenvalue weighted by Crippen LogP contribution is 2.22. The Morgan fingerprint density at radius 2 is 1.14 bits per heavy atom. The number of esters is 1. The number of benzene rings is 1. The SMILES string of the molecule is CCC(C)CCCCCCC(=O)NC(Cc1c[nH]c2ccccc12)C(=O)NC(CCC(=O)O)C(=O)NC(CC(N)=O)C(=O)NC1C(=O)N(C)CC(=O)NC(C)C(=O)NC(CC(=O)O)C(=O)NC(CCCCN)C(=O)NC(CC(=O)O)C(=O)NCC(=O)NC(CC(N)=O)C(=O)NC(C(C)CC(=O)O)C(=O)NC(C(C)CC)C(=O)OC1C. The molecule has 1 aliphatic heterocycles. The van der Waals surface area contributed by atoms with Gasteiger partial charge in [0.15, 0.2) is 0 Å². The molecule has 2 aromatic rings. The number of likely N-dealkylation sites (N-methyl/N-ethyl adjacent to an activating group) is 1. The second-order valence-electron chi connectivity index (χ2n) is 28.6. The van der Waals surface area contributed by atoms with Gasteiger partial charge in [-0.15, -0.1) is 0 Å². The lowest BCUT2D eigenvalue weighted by Gasteiger charge is -2.32. The first kappa shape index (κ1) is 97.3. The number of hydrogen-bond donors (Lipinski definition) is 20. The molecule has 0 spiro atoms. The Kier molecular flexibility index (Phi) is 41.4. The third-order valence-electron chi connectivity index (χ3n) is 19.0. The molecule has 23 N–H and O–H groups in total. The largest absolute Gasteiger partial charge is 0.481 e. The zero-order chi connectivity index (χ0) is 86.5. The van der Waals surface area contributed by atoms with Crippen LogP contribution >= 0.6 is 0 Å². The number of aromatic amines is 1. The van der Waals surface area contributed by atoms with Gasteiger partial charge in [-0.25, -0.2) is 4.79 Å². The molecule has 115 heavy (non-hydrogen) atoms. The third kappa shape index (κ3) is 34.6. The molecule has 15 unspecified atom stereocenters. The molecular formula is C73H111N17O25. The number of carbonyl (C=O) groups is 20. The second-order valence-corrected chi connectivity index (χ2v) is 28.6. The van der Waals surface area contributed by atoms with E-state index < -0.39 is 261 Å². The fourth-order valence-corrected chi connectivity index (χ4v) is 12.0. The number of nitrogens with two attached hydrogens (primary N) is 3. The smallest absolute Gasteiger partial charge is 0.329 e. The van der Waals surface area contributed by atoms with Crippen molar-refractivity contribution >= 4 is 129 Å². The Balaban J connectivity index is 2.25. The Hall–Kier alpha value is -11.9. The number of primary amides is 2. The lowest BCUT2D eigenvalue weighted by atomic mass is 9.94. The van der Waals surface area contributed by atoms with Crippen molar-refractivity contribution in [2.24, 2.45) is 35.0 Å². The van der Waals surface area contributed by atoms with Crippen molar-refractivity contribution in [2.75, 3.05) is 26.7 Å². The Labute approximate surface area is 662 Å². The van der Waals surface area contributed by atoms with Gasteiger partial charge in [-0.1, -0.05) is 91.3 Å². The quantitative estimate of drug-likeness (QED) is 0.0225. The average Bonchev–Trinajstić information content (AvgIpc) is 1.63. The van der Waals surface area contributed by atoms with Crippen LogP contribution in [-0.4, -0.2) is 248 Å². The van der Waals surface area contributed by atoms with E-state index in [9.17, 15) is 116 Å². The highest BCUT2D eigenvalue weighted by Gasteiger charge is 2.42. The number of rotatable bonds is 37. The number of H-pyrrole nitrogens is 1. The molecule has 2 heterocycles. The summed E-state index contributed by atoms with van der Waals surface area (Å²) in [5.41, 5.74) is 17.9. The fourth-order valence-electron chi connectivity index (χ4n) is 12.0. The van der Waals surface area contributed by atoms with Crippen molar-refractivity contribution in [2.45, 2.75) is 243 Å². The van der Waals surface area contributed by atoms with Crippen LogP contribution in [0.15, 0.2) is 30.5 Å². The fraction of sp³-hybridized carbons (Fsp3) is 0.616. The number of unbranched alkanes of at least 4 members (excludes halogenated alkanes) is 4. The lowest BCUT2D eigenvalue weighted by molar-refractivity contribution is -0.159. The summed E-state index contributed by atoms with van der Waals surface area (Å²) in [5.74, 6) is -28.5. The molecule has 0 radical (unpaired) electrons. The van der Waals surface area contributed by atoms with Gasteiger partial charge in [-0.05, 0) is 81.9 Å². The number of cyclic esters (lactones) is 1. The summed E-state index contributed by atoms with van der Waals surface area (Å²) in [6.07, 6.45) is -2.59. The molecule has 0 saturated carbocycles. The number of carboxylic acid groups (broad SMARTS) is 4. The molecule has 638 valence electrons.